The lowest BCUT2D eigenvalue weighted by Crippen LogP contribution is -2.05. The first-order valence-corrected chi connectivity index (χ1v) is 3.88. The molecule has 0 spiro atoms. The second-order valence-electron chi connectivity index (χ2n) is 2.70. The minimum absolute atomic E-state index is 0.363. The minimum atomic E-state index is -0.399. The Hall–Kier alpha value is -1.71. The second-order valence-corrected chi connectivity index (χ2v) is 2.70. The van der Waals surface area contributed by atoms with Gasteiger partial charge in [0.25, 0.3) is 5.91 Å². The normalized spacial score (nSPS) is 10.6. The molecule has 0 aliphatic rings. The molecule has 0 aliphatic carbocycles. The Kier molecular flexibility index (Phi) is 2.74. The van der Waals surface area contributed by atoms with Crippen LogP contribution in [0.15, 0.2) is 17.1 Å². The van der Waals surface area contributed by atoms with Crippen LogP contribution in [0.2, 0.25) is 0 Å². The summed E-state index contributed by atoms with van der Waals surface area (Å²) in [5.74, 6) is -0.399. The van der Waals surface area contributed by atoms with E-state index in [0.29, 0.717) is 5.69 Å². The number of nitrogens with two attached hydrogens (primary N) is 1. The SMILES string of the molecule is Cc1ccc(C)c(C(=O)N=CN)n1. The summed E-state index contributed by atoms with van der Waals surface area (Å²) in [6.45, 7) is 3.63. The topological polar surface area (TPSA) is 68.3 Å². The molecule has 0 bridgehead atoms. The van der Waals surface area contributed by atoms with Gasteiger partial charge in [0, 0.05) is 5.69 Å². The van der Waals surface area contributed by atoms with Crippen molar-refractivity contribution in [1.29, 1.82) is 0 Å². The van der Waals surface area contributed by atoms with Crippen molar-refractivity contribution in [3.63, 3.8) is 0 Å². The summed E-state index contributed by atoms with van der Waals surface area (Å²) in [6.07, 6.45) is 0.978. The number of amides is 1. The lowest BCUT2D eigenvalue weighted by molar-refractivity contribution is 0.0998. The Morgan fingerprint density at radius 3 is 2.85 bits per heavy atom. The number of nitrogens with zero attached hydrogens (tertiary/aromatic N) is 2. The molecule has 13 heavy (non-hydrogen) atoms. The fraction of sp³-hybridized carbons (Fsp3) is 0.222. The van der Waals surface area contributed by atoms with Gasteiger partial charge in [0.05, 0.1) is 6.34 Å². The molecule has 0 fully saturated rings. The standard InChI is InChI=1S/C9H11N3O/c1-6-3-4-7(2)12-8(6)9(13)11-5-10/h3-5H,1-2H3,(H2,10,11,13). The summed E-state index contributed by atoms with van der Waals surface area (Å²) in [5.41, 5.74) is 6.98. The fourth-order valence-electron chi connectivity index (χ4n) is 0.972. The first kappa shape index (κ1) is 9.38. The van der Waals surface area contributed by atoms with Gasteiger partial charge in [-0.15, -0.1) is 0 Å². The van der Waals surface area contributed by atoms with Crippen molar-refractivity contribution in [3.05, 3.63) is 29.1 Å². The van der Waals surface area contributed by atoms with Crippen LogP contribution in [-0.4, -0.2) is 17.2 Å². The Balaban J connectivity index is 3.13. The van der Waals surface area contributed by atoms with E-state index in [-0.39, 0.29) is 0 Å². The van der Waals surface area contributed by atoms with Crippen LogP contribution in [0.5, 0.6) is 0 Å². The summed E-state index contributed by atoms with van der Waals surface area (Å²) in [6, 6.07) is 3.68. The summed E-state index contributed by atoms with van der Waals surface area (Å²) in [4.78, 5) is 18.8. The Morgan fingerprint density at radius 1 is 1.54 bits per heavy atom. The Morgan fingerprint density at radius 2 is 2.23 bits per heavy atom. The van der Waals surface area contributed by atoms with E-state index in [1.165, 1.54) is 0 Å². The molecule has 1 amide bonds. The number of hydrogen-bond acceptors (Lipinski definition) is 2. The molecule has 0 aromatic carbocycles. The largest absolute Gasteiger partial charge is 0.390 e. The van der Waals surface area contributed by atoms with E-state index in [2.05, 4.69) is 9.98 Å². The molecule has 0 unspecified atom stereocenters. The highest BCUT2D eigenvalue weighted by Crippen LogP contribution is 2.06. The van der Waals surface area contributed by atoms with E-state index in [0.717, 1.165) is 17.6 Å². The van der Waals surface area contributed by atoms with Crippen molar-refractivity contribution < 1.29 is 4.79 Å². The van der Waals surface area contributed by atoms with Gasteiger partial charge in [-0.25, -0.2) is 4.98 Å². The van der Waals surface area contributed by atoms with Gasteiger partial charge in [0.15, 0.2) is 0 Å². The van der Waals surface area contributed by atoms with Crippen LogP contribution in [0, 0.1) is 13.8 Å². The maximum atomic E-state index is 11.3. The highest BCUT2D eigenvalue weighted by Gasteiger charge is 2.08. The smallest absolute Gasteiger partial charge is 0.297 e. The van der Waals surface area contributed by atoms with Crippen LogP contribution in [0.1, 0.15) is 21.7 Å². The van der Waals surface area contributed by atoms with E-state index < -0.39 is 5.91 Å². The van der Waals surface area contributed by atoms with E-state index in [4.69, 9.17) is 5.73 Å². The zero-order valence-corrected chi connectivity index (χ0v) is 7.61. The molecule has 0 radical (unpaired) electrons. The molecule has 1 aromatic heterocycles. The van der Waals surface area contributed by atoms with Gasteiger partial charge in [-0.3, -0.25) is 4.79 Å². The van der Waals surface area contributed by atoms with Crippen LogP contribution < -0.4 is 5.73 Å². The average Bonchev–Trinajstić information content (AvgIpc) is 2.09. The van der Waals surface area contributed by atoms with E-state index in [1.54, 1.807) is 0 Å². The summed E-state index contributed by atoms with van der Waals surface area (Å²) >= 11 is 0. The van der Waals surface area contributed by atoms with Crippen molar-refractivity contribution in [2.24, 2.45) is 10.7 Å². The number of hydrogen-bond donors (Lipinski definition) is 1. The van der Waals surface area contributed by atoms with Crippen LogP contribution in [-0.2, 0) is 0 Å². The quantitative estimate of drug-likeness (QED) is 0.510. The predicted octanol–water partition coefficient (Wildman–Crippen LogP) is 0.826. The highest BCUT2D eigenvalue weighted by molar-refractivity contribution is 5.98. The molecule has 0 saturated carbocycles. The van der Waals surface area contributed by atoms with Crippen molar-refractivity contribution >= 4 is 12.2 Å². The molecule has 0 aliphatic heterocycles. The number of carbonyl (C=O) groups is 1. The third-order valence-electron chi connectivity index (χ3n) is 1.63. The molecule has 1 heterocycles. The molecule has 1 rings (SSSR count). The monoisotopic (exact) mass is 177 g/mol. The predicted molar refractivity (Wildman–Crippen MR) is 50.7 cm³/mol. The van der Waals surface area contributed by atoms with E-state index >= 15 is 0 Å². The van der Waals surface area contributed by atoms with Gasteiger partial charge >= 0.3 is 0 Å². The highest BCUT2D eigenvalue weighted by atomic mass is 16.1. The average molecular weight is 177 g/mol. The van der Waals surface area contributed by atoms with Gasteiger partial charge in [0.1, 0.15) is 5.69 Å². The Bertz CT molecular complexity index is 358. The molecule has 0 saturated heterocycles. The van der Waals surface area contributed by atoms with Crippen molar-refractivity contribution in [2.45, 2.75) is 13.8 Å². The van der Waals surface area contributed by atoms with Gasteiger partial charge in [-0.1, -0.05) is 6.07 Å². The maximum Gasteiger partial charge on any atom is 0.297 e. The summed E-state index contributed by atoms with van der Waals surface area (Å²) in [5, 5.41) is 0. The zero-order chi connectivity index (χ0) is 9.84. The van der Waals surface area contributed by atoms with E-state index in [9.17, 15) is 4.79 Å². The number of pyridine rings is 1. The number of aryl methyl sites for hydroxylation is 2. The van der Waals surface area contributed by atoms with Gasteiger partial charge in [-0.2, -0.15) is 4.99 Å². The Labute approximate surface area is 76.5 Å². The number of carbonyl (C=O) groups excluding carboxylic acids is 1. The fourth-order valence-corrected chi connectivity index (χ4v) is 0.972. The maximum absolute atomic E-state index is 11.3. The first-order chi connectivity index (χ1) is 6.15. The number of rotatable bonds is 1. The van der Waals surface area contributed by atoms with Crippen LogP contribution in [0.4, 0.5) is 0 Å². The molecule has 2 N–H and O–H groups in total. The van der Waals surface area contributed by atoms with Gasteiger partial charge in [-0.05, 0) is 25.5 Å². The third-order valence-corrected chi connectivity index (χ3v) is 1.63. The van der Waals surface area contributed by atoms with Gasteiger partial charge < -0.3 is 5.73 Å². The lowest BCUT2D eigenvalue weighted by atomic mass is 10.2. The molecule has 0 atom stereocenters. The number of aliphatic imine (C=N–C) groups is 1. The molecular formula is C9H11N3O. The van der Waals surface area contributed by atoms with Crippen molar-refractivity contribution in [3.8, 4) is 0 Å². The van der Waals surface area contributed by atoms with Crippen LogP contribution in [0.3, 0.4) is 0 Å². The molecular weight excluding hydrogens is 166 g/mol. The second kappa shape index (κ2) is 3.80. The van der Waals surface area contributed by atoms with Crippen molar-refractivity contribution in [2.75, 3.05) is 0 Å². The van der Waals surface area contributed by atoms with Crippen LogP contribution >= 0.6 is 0 Å². The zero-order valence-electron chi connectivity index (χ0n) is 7.61. The molecule has 4 heteroatoms. The van der Waals surface area contributed by atoms with E-state index in [1.807, 2.05) is 26.0 Å². The minimum Gasteiger partial charge on any atom is -0.390 e. The summed E-state index contributed by atoms with van der Waals surface area (Å²) in [7, 11) is 0. The lowest BCUT2D eigenvalue weighted by Gasteiger charge is -2.00. The van der Waals surface area contributed by atoms with Crippen molar-refractivity contribution in [1.82, 2.24) is 4.98 Å². The molecule has 4 nitrogen and oxygen atoms in total. The summed E-state index contributed by atoms with van der Waals surface area (Å²) < 4.78 is 0. The molecule has 68 valence electrons. The number of aromatic nitrogens is 1. The third kappa shape index (κ3) is 2.11. The first-order valence-electron chi connectivity index (χ1n) is 3.88. The molecule has 1 aromatic rings. The van der Waals surface area contributed by atoms with Gasteiger partial charge in [0.2, 0.25) is 0 Å². The van der Waals surface area contributed by atoms with Crippen LogP contribution in [0.25, 0.3) is 0 Å².